The Morgan fingerprint density at radius 2 is 2.00 bits per heavy atom. The molecule has 1 fully saturated rings. The molecule has 1 aromatic carbocycles. The number of halogens is 2. The maximum atomic E-state index is 10.5. The van der Waals surface area contributed by atoms with Crippen molar-refractivity contribution in [1.29, 1.82) is 0 Å². The van der Waals surface area contributed by atoms with E-state index in [1.807, 2.05) is 12.1 Å². The number of nitrogens with zero attached hydrogens (tertiary/aromatic N) is 2. The van der Waals surface area contributed by atoms with Gasteiger partial charge in [-0.3, -0.25) is 4.90 Å². The van der Waals surface area contributed by atoms with E-state index in [1.165, 1.54) is 32.1 Å². The zero-order chi connectivity index (χ0) is 14.5. The lowest BCUT2D eigenvalue weighted by atomic mass is 9.94. The average Bonchev–Trinajstić information content (AvgIpc) is 2.43. The summed E-state index contributed by atoms with van der Waals surface area (Å²) in [5.74, 6) is 0. The van der Waals surface area contributed by atoms with Gasteiger partial charge in [0.05, 0.1) is 11.0 Å². The normalized spacial score (nSPS) is 16.4. The lowest BCUT2D eigenvalue weighted by Gasteiger charge is -2.31. The Hall–Kier alpha value is -0.460. The highest BCUT2D eigenvalue weighted by molar-refractivity contribution is 9.11. The van der Waals surface area contributed by atoms with E-state index in [0.717, 1.165) is 26.7 Å². The van der Waals surface area contributed by atoms with Crippen molar-refractivity contribution in [2.24, 2.45) is 5.29 Å². The lowest BCUT2D eigenvalue weighted by molar-refractivity contribution is 0.185. The minimum Gasteiger partial charge on any atom is -0.299 e. The number of benzene rings is 1. The van der Waals surface area contributed by atoms with Gasteiger partial charge in [0.15, 0.2) is 0 Å². The van der Waals surface area contributed by atoms with Crippen molar-refractivity contribution in [3.8, 4) is 0 Å². The second kappa shape index (κ2) is 7.52. The fourth-order valence-electron chi connectivity index (χ4n) is 2.84. The summed E-state index contributed by atoms with van der Waals surface area (Å²) >= 11 is 6.97. The third-order valence-corrected chi connectivity index (χ3v) is 5.00. The van der Waals surface area contributed by atoms with Gasteiger partial charge in [0, 0.05) is 21.5 Å². The van der Waals surface area contributed by atoms with Crippen molar-refractivity contribution in [3.05, 3.63) is 31.5 Å². The maximum absolute atomic E-state index is 10.5. The summed E-state index contributed by atoms with van der Waals surface area (Å²) in [6, 6.07) is 4.59. The summed E-state index contributed by atoms with van der Waals surface area (Å²) in [6.45, 7) is 0.806. The summed E-state index contributed by atoms with van der Waals surface area (Å²) in [6.07, 6.45) is 6.52. The van der Waals surface area contributed by atoms with Gasteiger partial charge in [0.1, 0.15) is 0 Å². The number of anilines is 1. The van der Waals surface area contributed by atoms with Crippen molar-refractivity contribution in [2.75, 3.05) is 12.5 Å². The number of rotatable bonds is 5. The third-order valence-electron chi connectivity index (χ3n) is 3.91. The first-order chi connectivity index (χ1) is 9.61. The Balaban J connectivity index is 2.16. The van der Waals surface area contributed by atoms with Crippen LogP contribution in [0.4, 0.5) is 5.69 Å². The highest BCUT2D eigenvalue weighted by Gasteiger charge is 2.19. The molecule has 0 spiro atoms. The molecular formula is C14H19Br2N3O. The van der Waals surface area contributed by atoms with Gasteiger partial charge in [0.2, 0.25) is 0 Å². The fraction of sp³-hybridized carbons (Fsp3) is 0.571. The molecule has 0 aliphatic heterocycles. The minimum atomic E-state index is 0.638. The quantitative estimate of drug-likeness (QED) is 0.550. The lowest BCUT2D eigenvalue weighted by Crippen LogP contribution is -2.33. The molecule has 2 rings (SSSR count). The van der Waals surface area contributed by atoms with Crippen molar-refractivity contribution in [2.45, 2.75) is 44.7 Å². The van der Waals surface area contributed by atoms with Gasteiger partial charge in [-0.05, 0) is 53.5 Å². The molecule has 1 N–H and O–H groups in total. The van der Waals surface area contributed by atoms with Gasteiger partial charge in [0.25, 0.3) is 0 Å². The van der Waals surface area contributed by atoms with E-state index >= 15 is 0 Å². The van der Waals surface area contributed by atoms with Gasteiger partial charge < -0.3 is 0 Å². The summed E-state index contributed by atoms with van der Waals surface area (Å²) in [7, 11) is 2.16. The maximum Gasteiger partial charge on any atom is 0.0781 e. The van der Waals surface area contributed by atoms with E-state index in [2.05, 4.69) is 54.5 Å². The van der Waals surface area contributed by atoms with Crippen LogP contribution >= 0.6 is 31.9 Å². The molecule has 20 heavy (non-hydrogen) atoms. The molecule has 1 aromatic rings. The van der Waals surface area contributed by atoms with Crippen molar-refractivity contribution in [1.82, 2.24) is 4.90 Å². The van der Waals surface area contributed by atoms with Crippen LogP contribution in [0.25, 0.3) is 0 Å². The van der Waals surface area contributed by atoms with Crippen molar-refractivity contribution < 1.29 is 0 Å². The van der Waals surface area contributed by atoms with Gasteiger partial charge in [-0.1, -0.05) is 35.2 Å². The molecule has 0 atom stereocenters. The van der Waals surface area contributed by atoms with E-state index in [4.69, 9.17) is 0 Å². The Morgan fingerprint density at radius 3 is 2.65 bits per heavy atom. The van der Waals surface area contributed by atoms with Crippen LogP contribution in [0.3, 0.4) is 0 Å². The van der Waals surface area contributed by atoms with Gasteiger partial charge >= 0.3 is 0 Å². The van der Waals surface area contributed by atoms with Crippen LogP contribution in [-0.2, 0) is 6.54 Å². The molecule has 0 aromatic heterocycles. The second-order valence-electron chi connectivity index (χ2n) is 5.33. The predicted molar refractivity (Wildman–Crippen MR) is 89.6 cm³/mol. The van der Waals surface area contributed by atoms with Crippen LogP contribution in [0.5, 0.6) is 0 Å². The average molecular weight is 405 g/mol. The van der Waals surface area contributed by atoms with Gasteiger partial charge in [-0.25, -0.2) is 5.43 Å². The zero-order valence-electron chi connectivity index (χ0n) is 11.5. The second-order valence-corrected chi connectivity index (χ2v) is 7.10. The molecular weight excluding hydrogens is 386 g/mol. The van der Waals surface area contributed by atoms with Crippen molar-refractivity contribution in [3.63, 3.8) is 0 Å². The molecule has 0 amide bonds. The van der Waals surface area contributed by atoms with Crippen LogP contribution in [-0.4, -0.2) is 18.0 Å². The first-order valence-electron chi connectivity index (χ1n) is 6.88. The van der Waals surface area contributed by atoms with Crippen LogP contribution in [0.2, 0.25) is 0 Å². The molecule has 0 bridgehead atoms. The van der Waals surface area contributed by atoms with E-state index < -0.39 is 0 Å². The Bertz CT molecular complexity index is 476. The molecule has 1 aliphatic rings. The molecule has 0 radical (unpaired) electrons. The first kappa shape index (κ1) is 15.9. The van der Waals surface area contributed by atoms with Crippen LogP contribution < -0.4 is 5.43 Å². The molecule has 110 valence electrons. The highest BCUT2D eigenvalue weighted by atomic mass is 79.9. The van der Waals surface area contributed by atoms with Gasteiger partial charge in [-0.15, -0.1) is 4.91 Å². The number of nitroso groups, excluding NO2 is 1. The molecule has 1 saturated carbocycles. The minimum absolute atomic E-state index is 0.638. The van der Waals surface area contributed by atoms with E-state index in [-0.39, 0.29) is 0 Å². The molecule has 0 unspecified atom stereocenters. The topological polar surface area (TPSA) is 44.7 Å². The standard InChI is InChI=1S/C14H19Br2N3O/c1-19(12-5-3-2-4-6-12)9-10-7-11(15)8-13(16)14(10)17-18-20/h7-8,12H,2-6,9H2,1H3,(H,17,20). The van der Waals surface area contributed by atoms with Crippen molar-refractivity contribution >= 4 is 37.5 Å². The summed E-state index contributed by atoms with van der Waals surface area (Å²) < 4.78 is 1.84. The summed E-state index contributed by atoms with van der Waals surface area (Å²) in [5.41, 5.74) is 4.38. The van der Waals surface area contributed by atoms with Crippen LogP contribution in [0.15, 0.2) is 26.4 Å². The van der Waals surface area contributed by atoms with E-state index in [1.54, 1.807) is 0 Å². The van der Waals surface area contributed by atoms with E-state index in [0.29, 0.717) is 6.04 Å². The predicted octanol–water partition coefficient (Wildman–Crippen LogP) is 5.07. The summed E-state index contributed by atoms with van der Waals surface area (Å²) in [5, 5.41) is 2.81. The molecule has 6 heteroatoms. The molecule has 0 heterocycles. The smallest absolute Gasteiger partial charge is 0.0781 e. The Morgan fingerprint density at radius 1 is 1.30 bits per heavy atom. The monoisotopic (exact) mass is 403 g/mol. The number of hydrogen-bond acceptors (Lipinski definition) is 3. The molecule has 4 nitrogen and oxygen atoms in total. The van der Waals surface area contributed by atoms with Gasteiger partial charge in [-0.2, -0.15) is 0 Å². The summed E-state index contributed by atoms with van der Waals surface area (Å²) in [4.78, 5) is 12.9. The Labute approximate surface area is 136 Å². The fourth-order valence-corrected chi connectivity index (χ4v) is 4.24. The zero-order valence-corrected chi connectivity index (χ0v) is 14.7. The number of hydrogen-bond donors (Lipinski definition) is 1. The highest BCUT2D eigenvalue weighted by Crippen LogP contribution is 2.32. The van der Waals surface area contributed by atoms with Crippen LogP contribution in [0, 0.1) is 4.91 Å². The van der Waals surface area contributed by atoms with E-state index in [9.17, 15) is 4.91 Å². The largest absolute Gasteiger partial charge is 0.299 e. The SMILES string of the molecule is CN(Cc1cc(Br)cc(Br)c1NN=O)C1CCCCC1. The number of nitrogens with one attached hydrogen (secondary N) is 1. The first-order valence-corrected chi connectivity index (χ1v) is 8.47. The molecule has 0 saturated heterocycles. The van der Waals surface area contributed by atoms with Crippen LogP contribution in [0.1, 0.15) is 37.7 Å². The Kier molecular flexibility index (Phi) is 5.99. The molecule has 1 aliphatic carbocycles. The third kappa shape index (κ3) is 4.02.